The van der Waals surface area contributed by atoms with Gasteiger partial charge in [0.05, 0.1) is 22.2 Å². The summed E-state index contributed by atoms with van der Waals surface area (Å²) in [5.41, 5.74) is 8.52. The molecule has 4 aromatic carbocycles. The van der Waals surface area contributed by atoms with Gasteiger partial charge in [0.25, 0.3) is 5.91 Å². The molecule has 2 heterocycles. The van der Waals surface area contributed by atoms with Gasteiger partial charge in [0.15, 0.2) is 0 Å². The van der Waals surface area contributed by atoms with E-state index in [1.54, 1.807) is 7.05 Å². The largest absolute Gasteiger partial charge is 0.355 e. The number of hydrogen-bond acceptors (Lipinski definition) is 3. The van der Waals surface area contributed by atoms with Crippen molar-refractivity contribution in [1.82, 2.24) is 19.9 Å². The molecule has 0 radical (unpaired) electrons. The second-order valence-electron chi connectivity index (χ2n) is 11.0. The Bertz CT molecular complexity index is 1940. The van der Waals surface area contributed by atoms with Crippen LogP contribution in [0.15, 0.2) is 97.1 Å². The van der Waals surface area contributed by atoms with E-state index in [2.05, 4.69) is 58.4 Å². The zero-order chi connectivity index (χ0) is 28.6. The molecule has 1 N–H and O–H groups in total. The fraction of sp³-hybridized carbons (Fsp3) is 0.194. The SMILES string of the molecule is CNC(=O)c1ccc(-c2ccc(Cl)cc2)c(-c2ccc3cc(-c4nc5ccccc5n4C4CCCCC4)ccc3n2)c1. The minimum atomic E-state index is -0.134. The van der Waals surface area contributed by atoms with Crippen LogP contribution in [0.3, 0.4) is 0 Å². The molecular formula is C36H31ClN4O. The van der Waals surface area contributed by atoms with Gasteiger partial charge in [0.1, 0.15) is 5.82 Å². The number of pyridine rings is 1. The Morgan fingerprint density at radius 3 is 2.38 bits per heavy atom. The van der Waals surface area contributed by atoms with E-state index >= 15 is 0 Å². The van der Waals surface area contributed by atoms with Gasteiger partial charge >= 0.3 is 0 Å². The highest BCUT2D eigenvalue weighted by atomic mass is 35.5. The first-order chi connectivity index (χ1) is 20.6. The summed E-state index contributed by atoms with van der Waals surface area (Å²) in [5, 5.41) is 4.46. The Morgan fingerprint density at radius 2 is 1.57 bits per heavy atom. The van der Waals surface area contributed by atoms with E-state index in [-0.39, 0.29) is 5.91 Å². The van der Waals surface area contributed by atoms with Crippen molar-refractivity contribution >= 4 is 39.4 Å². The lowest BCUT2D eigenvalue weighted by atomic mass is 9.94. The maximum Gasteiger partial charge on any atom is 0.251 e. The minimum absolute atomic E-state index is 0.134. The molecule has 6 heteroatoms. The number of aromatic nitrogens is 3. The molecule has 5 nitrogen and oxygen atoms in total. The third-order valence-electron chi connectivity index (χ3n) is 8.42. The lowest BCUT2D eigenvalue weighted by molar-refractivity contribution is 0.0963. The molecule has 42 heavy (non-hydrogen) atoms. The van der Waals surface area contributed by atoms with E-state index in [0.29, 0.717) is 16.6 Å². The van der Waals surface area contributed by atoms with Crippen LogP contribution in [0.1, 0.15) is 48.5 Å². The topological polar surface area (TPSA) is 59.8 Å². The predicted molar refractivity (Wildman–Crippen MR) is 172 cm³/mol. The number of fused-ring (bicyclic) bond motifs is 2. The molecule has 1 amide bonds. The highest BCUT2D eigenvalue weighted by molar-refractivity contribution is 6.30. The fourth-order valence-corrected chi connectivity index (χ4v) is 6.42. The Hall–Kier alpha value is -4.48. The molecule has 0 bridgehead atoms. The summed E-state index contributed by atoms with van der Waals surface area (Å²) >= 11 is 6.17. The average Bonchev–Trinajstić information content (AvgIpc) is 3.44. The molecule has 1 aliphatic carbocycles. The van der Waals surface area contributed by atoms with Crippen LogP contribution in [-0.2, 0) is 0 Å². The monoisotopic (exact) mass is 570 g/mol. The highest BCUT2D eigenvalue weighted by Gasteiger charge is 2.22. The molecule has 0 aliphatic heterocycles. The second-order valence-corrected chi connectivity index (χ2v) is 11.5. The zero-order valence-electron chi connectivity index (χ0n) is 23.5. The number of para-hydroxylation sites is 2. The lowest BCUT2D eigenvalue weighted by Crippen LogP contribution is -2.17. The Balaban J connectivity index is 1.33. The van der Waals surface area contributed by atoms with Crippen molar-refractivity contribution in [3.63, 3.8) is 0 Å². The second kappa shape index (κ2) is 11.1. The molecular weight excluding hydrogens is 540 g/mol. The van der Waals surface area contributed by atoms with E-state index in [0.717, 1.165) is 50.2 Å². The highest BCUT2D eigenvalue weighted by Crippen LogP contribution is 2.38. The van der Waals surface area contributed by atoms with Gasteiger partial charge in [0.2, 0.25) is 0 Å². The van der Waals surface area contributed by atoms with Gasteiger partial charge in [-0.2, -0.15) is 0 Å². The lowest BCUT2D eigenvalue weighted by Gasteiger charge is -2.25. The fourth-order valence-electron chi connectivity index (χ4n) is 6.29. The Kier molecular flexibility index (Phi) is 6.96. The van der Waals surface area contributed by atoms with Crippen LogP contribution in [0.25, 0.3) is 55.7 Å². The number of hydrogen-bond donors (Lipinski definition) is 1. The van der Waals surface area contributed by atoms with Crippen LogP contribution in [0.4, 0.5) is 0 Å². The molecule has 0 atom stereocenters. The summed E-state index contributed by atoms with van der Waals surface area (Å²) in [5.74, 6) is 0.891. The van der Waals surface area contributed by atoms with Crippen molar-refractivity contribution in [2.24, 2.45) is 0 Å². The third-order valence-corrected chi connectivity index (χ3v) is 8.68. The van der Waals surface area contributed by atoms with Gasteiger partial charge in [-0.25, -0.2) is 9.97 Å². The first-order valence-electron chi connectivity index (χ1n) is 14.6. The van der Waals surface area contributed by atoms with Gasteiger partial charge < -0.3 is 9.88 Å². The van der Waals surface area contributed by atoms with E-state index in [4.69, 9.17) is 21.6 Å². The van der Waals surface area contributed by atoms with E-state index in [1.807, 2.05) is 48.5 Å². The van der Waals surface area contributed by atoms with Gasteiger partial charge in [-0.3, -0.25) is 4.79 Å². The summed E-state index contributed by atoms with van der Waals surface area (Å²) in [7, 11) is 1.64. The van der Waals surface area contributed by atoms with Crippen LogP contribution >= 0.6 is 11.6 Å². The Labute approximate surface area is 250 Å². The third kappa shape index (κ3) is 4.84. The van der Waals surface area contributed by atoms with Crippen molar-refractivity contribution in [3.05, 3.63) is 108 Å². The number of carbonyl (C=O) groups excluding carboxylic acids is 1. The summed E-state index contributed by atoms with van der Waals surface area (Å²) in [6.45, 7) is 0. The Morgan fingerprint density at radius 1 is 0.786 bits per heavy atom. The molecule has 1 fully saturated rings. The van der Waals surface area contributed by atoms with Crippen molar-refractivity contribution in [3.8, 4) is 33.8 Å². The number of nitrogens with one attached hydrogen (secondary N) is 1. The summed E-state index contributed by atoms with van der Waals surface area (Å²) in [4.78, 5) is 22.7. The standard InChI is InChI=1S/C36H31ClN4O/c1-38-36(42)26-13-18-29(23-11-16-27(37)17-12-23)30(22-26)32-20-14-24-21-25(15-19-31(24)39-32)35-40-33-9-5-6-10-34(33)41(35)28-7-3-2-4-8-28/h5-6,9-22,28H,2-4,7-8H2,1H3,(H,38,42). The first-order valence-corrected chi connectivity index (χ1v) is 15.0. The zero-order valence-corrected chi connectivity index (χ0v) is 24.2. The number of imidazole rings is 1. The number of benzene rings is 4. The molecule has 0 saturated heterocycles. The number of nitrogens with zero attached hydrogens (tertiary/aromatic N) is 3. The molecule has 7 rings (SSSR count). The molecule has 2 aromatic heterocycles. The van der Waals surface area contributed by atoms with Crippen LogP contribution in [0.5, 0.6) is 0 Å². The van der Waals surface area contributed by atoms with E-state index in [1.165, 1.54) is 37.6 Å². The predicted octanol–water partition coefficient (Wildman–Crippen LogP) is 9.10. The first kappa shape index (κ1) is 26.4. The summed E-state index contributed by atoms with van der Waals surface area (Å²) < 4.78 is 2.47. The van der Waals surface area contributed by atoms with E-state index in [9.17, 15) is 4.79 Å². The van der Waals surface area contributed by atoms with Crippen molar-refractivity contribution < 1.29 is 4.79 Å². The normalized spacial score (nSPS) is 14.0. The summed E-state index contributed by atoms with van der Waals surface area (Å²) in [6, 6.07) is 33.0. The quantitative estimate of drug-likeness (QED) is 0.225. The maximum absolute atomic E-state index is 12.5. The van der Waals surface area contributed by atoms with Gasteiger partial charge in [0, 0.05) is 40.2 Å². The summed E-state index contributed by atoms with van der Waals surface area (Å²) in [6.07, 6.45) is 6.22. The van der Waals surface area contributed by atoms with Crippen molar-refractivity contribution in [2.75, 3.05) is 7.05 Å². The molecule has 1 saturated carbocycles. The molecule has 0 unspecified atom stereocenters. The van der Waals surface area contributed by atoms with Crippen LogP contribution in [-0.4, -0.2) is 27.5 Å². The van der Waals surface area contributed by atoms with Crippen LogP contribution in [0.2, 0.25) is 5.02 Å². The van der Waals surface area contributed by atoms with Gasteiger partial charge in [-0.15, -0.1) is 0 Å². The maximum atomic E-state index is 12.5. The van der Waals surface area contributed by atoms with Crippen molar-refractivity contribution in [1.29, 1.82) is 0 Å². The molecule has 6 aromatic rings. The van der Waals surface area contributed by atoms with Crippen molar-refractivity contribution in [2.45, 2.75) is 38.1 Å². The number of halogens is 1. The van der Waals surface area contributed by atoms with Crippen LogP contribution < -0.4 is 5.32 Å². The minimum Gasteiger partial charge on any atom is -0.355 e. The van der Waals surface area contributed by atoms with Gasteiger partial charge in [-0.05, 0) is 84.6 Å². The smallest absolute Gasteiger partial charge is 0.251 e. The number of amides is 1. The average molecular weight is 571 g/mol. The number of carbonyl (C=O) groups is 1. The van der Waals surface area contributed by atoms with Crippen LogP contribution in [0, 0.1) is 0 Å². The molecule has 1 aliphatic rings. The number of rotatable bonds is 5. The van der Waals surface area contributed by atoms with E-state index < -0.39 is 0 Å². The molecule has 0 spiro atoms. The molecule has 208 valence electrons. The van der Waals surface area contributed by atoms with Gasteiger partial charge in [-0.1, -0.05) is 67.3 Å².